The molecule has 0 bridgehead atoms. The summed E-state index contributed by atoms with van der Waals surface area (Å²) in [5, 5.41) is 3.93. The van der Waals surface area contributed by atoms with Crippen molar-refractivity contribution < 1.29 is 0 Å². The first-order valence-electron chi connectivity index (χ1n) is 3.38. The van der Waals surface area contributed by atoms with Crippen LogP contribution in [0.25, 0.3) is 5.95 Å². The molecule has 12 heavy (non-hydrogen) atoms. The molecule has 0 aliphatic rings. The molecule has 0 saturated carbocycles. The molecule has 62 valence electrons. The fourth-order valence-electron chi connectivity index (χ4n) is 0.912. The molecule has 0 amide bonds. The first kappa shape index (κ1) is 6.71. The van der Waals surface area contributed by atoms with Crippen LogP contribution in [0.15, 0.2) is 18.6 Å². The third-order valence-corrected chi connectivity index (χ3v) is 1.52. The maximum absolute atomic E-state index is 5.61. The second kappa shape index (κ2) is 2.26. The SMILES string of the molecule is Nc1cnn(-c2ncc[nH]2)c1N. The molecule has 0 aliphatic carbocycles. The van der Waals surface area contributed by atoms with E-state index in [4.69, 9.17) is 11.5 Å². The Labute approximate surface area is 68.2 Å². The van der Waals surface area contributed by atoms with Crippen LogP contribution in [0.4, 0.5) is 11.5 Å². The van der Waals surface area contributed by atoms with Crippen molar-refractivity contribution in [3.63, 3.8) is 0 Å². The molecule has 0 unspecified atom stereocenters. The summed E-state index contributed by atoms with van der Waals surface area (Å²) in [5.74, 6) is 0.953. The van der Waals surface area contributed by atoms with Gasteiger partial charge in [0.25, 0.3) is 0 Å². The van der Waals surface area contributed by atoms with Crippen LogP contribution in [0.1, 0.15) is 0 Å². The summed E-state index contributed by atoms with van der Waals surface area (Å²) < 4.78 is 1.44. The molecule has 0 aromatic carbocycles. The van der Waals surface area contributed by atoms with Gasteiger partial charge in [0.2, 0.25) is 5.95 Å². The van der Waals surface area contributed by atoms with Crippen LogP contribution in [0.2, 0.25) is 0 Å². The predicted octanol–water partition coefficient (Wildman–Crippen LogP) is -0.240. The minimum atomic E-state index is 0.393. The van der Waals surface area contributed by atoms with Gasteiger partial charge in [0.15, 0.2) is 5.82 Å². The maximum Gasteiger partial charge on any atom is 0.229 e. The van der Waals surface area contributed by atoms with Crippen molar-refractivity contribution in [3.05, 3.63) is 18.6 Å². The van der Waals surface area contributed by atoms with Crippen LogP contribution in [0.5, 0.6) is 0 Å². The lowest BCUT2D eigenvalue weighted by Gasteiger charge is -1.97. The summed E-state index contributed by atoms with van der Waals surface area (Å²) in [6, 6.07) is 0. The lowest BCUT2D eigenvalue weighted by molar-refractivity contribution is 0.835. The smallest absolute Gasteiger partial charge is 0.229 e. The lowest BCUT2D eigenvalue weighted by atomic mass is 10.5. The van der Waals surface area contributed by atoms with Gasteiger partial charge in [0.05, 0.1) is 11.9 Å². The average Bonchev–Trinajstić information content (AvgIpc) is 2.64. The molecule has 6 nitrogen and oxygen atoms in total. The minimum absolute atomic E-state index is 0.393. The minimum Gasteiger partial charge on any atom is -0.394 e. The van der Waals surface area contributed by atoms with E-state index < -0.39 is 0 Å². The topological polar surface area (TPSA) is 98.5 Å². The first-order valence-corrected chi connectivity index (χ1v) is 3.38. The zero-order valence-corrected chi connectivity index (χ0v) is 6.23. The van der Waals surface area contributed by atoms with Gasteiger partial charge >= 0.3 is 0 Å². The van der Waals surface area contributed by atoms with E-state index >= 15 is 0 Å². The molecule has 2 aromatic heterocycles. The van der Waals surface area contributed by atoms with Gasteiger partial charge < -0.3 is 16.5 Å². The molecule has 0 fully saturated rings. The Bertz CT molecular complexity index is 373. The van der Waals surface area contributed by atoms with Crippen molar-refractivity contribution in [1.29, 1.82) is 0 Å². The lowest BCUT2D eigenvalue weighted by Crippen LogP contribution is -2.04. The standard InChI is InChI=1S/C6H8N6/c7-4-3-11-12(5(4)8)6-9-1-2-10-6/h1-3H,7-8H2,(H,9,10). The summed E-state index contributed by atoms with van der Waals surface area (Å²) in [6.07, 6.45) is 4.79. The average molecular weight is 164 g/mol. The van der Waals surface area contributed by atoms with Crippen LogP contribution < -0.4 is 11.5 Å². The van der Waals surface area contributed by atoms with Crippen LogP contribution in [0.3, 0.4) is 0 Å². The number of hydrogen-bond donors (Lipinski definition) is 3. The Morgan fingerprint density at radius 2 is 2.25 bits per heavy atom. The van der Waals surface area contributed by atoms with Gasteiger partial charge in [0.1, 0.15) is 0 Å². The molecule has 2 aromatic rings. The second-order valence-electron chi connectivity index (χ2n) is 2.31. The summed E-state index contributed by atoms with van der Waals surface area (Å²) in [6.45, 7) is 0. The number of nitrogen functional groups attached to an aromatic ring is 2. The first-order chi connectivity index (χ1) is 5.79. The largest absolute Gasteiger partial charge is 0.394 e. The molecule has 2 heterocycles. The van der Waals surface area contributed by atoms with E-state index in [1.54, 1.807) is 12.4 Å². The van der Waals surface area contributed by atoms with Crippen molar-refractivity contribution in [2.75, 3.05) is 11.5 Å². The van der Waals surface area contributed by atoms with Crippen LogP contribution >= 0.6 is 0 Å². The number of aromatic nitrogens is 4. The van der Waals surface area contributed by atoms with Crippen molar-refractivity contribution in [1.82, 2.24) is 19.7 Å². The molecule has 0 saturated heterocycles. The van der Waals surface area contributed by atoms with Gasteiger partial charge in [0, 0.05) is 12.4 Å². The number of anilines is 2. The van der Waals surface area contributed by atoms with Crippen molar-refractivity contribution in [2.24, 2.45) is 0 Å². The van der Waals surface area contributed by atoms with E-state index in [1.807, 2.05) is 0 Å². The molecule has 0 aliphatic heterocycles. The number of rotatable bonds is 1. The number of nitrogens with zero attached hydrogens (tertiary/aromatic N) is 3. The monoisotopic (exact) mass is 164 g/mol. The van der Waals surface area contributed by atoms with Crippen molar-refractivity contribution >= 4 is 11.5 Å². The van der Waals surface area contributed by atoms with Crippen LogP contribution in [0, 0.1) is 0 Å². The van der Waals surface area contributed by atoms with E-state index in [0.29, 0.717) is 17.5 Å². The number of H-pyrrole nitrogens is 1. The number of aromatic amines is 1. The van der Waals surface area contributed by atoms with Gasteiger partial charge in [-0.25, -0.2) is 4.98 Å². The fraction of sp³-hybridized carbons (Fsp3) is 0. The fourth-order valence-corrected chi connectivity index (χ4v) is 0.912. The maximum atomic E-state index is 5.61. The molecule has 0 atom stereocenters. The highest BCUT2D eigenvalue weighted by Crippen LogP contribution is 2.14. The van der Waals surface area contributed by atoms with Gasteiger partial charge in [-0.05, 0) is 0 Å². The van der Waals surface area contributed by atoms with E-state index in [2.05, 4.69) is 15.1 Å². The molecule has 6 heteroatoms. The Balaban J connectivity index is 2.55. The summed E-state index contributed by atoms with van der Waals surface area (Å²) in [7, 11) is 0. The molecular weight excluding hydrogens is 156 g/mol. The number of nitrogens with two attached hydrogens (primary N) is 2. The van der Waals surface area contributed by atoms with Crippen LogP contribution in [-0.4, -0.2) is 19.7 Å². The highest BCUT2D eigenvalue weighted by atomic mass is 15.4. The Kier molecular flexibility index (Phi) is 1.26. The van der Waals surface area contributed by atoms with Crippen molar-refractivity contribution in [3.8, 4) is 5.95 Å². The van der Waals surface area contributed by atoms with Crippen molar-refractivity contribution in [2.45, 2.75) is 0 Å². The van der Waals surface area contributed by atoms with E-state index in [0.717, 1.165) is 0 Å². The van der Waals surface area contributed by atoms with E-state index in [-0.39, 0.29) is 0 Å². The molecule has 2 rings (SSSR count). The highest BCUT2D eigenvalue weighted by Gasteiger charge is 2.06. The van der Waals surface area contributed by atoms with Gasteiger partial charge in [-0.15, -0.1) is 0 Å². The summed E-state index contributed by atoms with van der Waals surface area (Å²) in [5.41, 5.74) is 11.6. The Morgan fingerprint density at radius 3 is 2.75 bits per heavy atom. The van der Waals surface area contributed by atoms with Gasteiger partial charge in [-0.1, -0.05) is 0 Å². The Morgan fingerprint density at radius 1 is 1.42 bits per heavy atom. The molecule has 5 N–H and O–H groups in total. The zero-order chi connectivity index (χ0) is 8.55. The van der Waals surface area contributed by atoms with Gasteiger partial charge in [-0.2, -0.15) is 9.78 Å². The third kappa shape index (κ3) is 0.815. The molecule has 0 spiro atoms. The quantitative estimate of drug-likeness (QED) is 0.541. The second-order valence-corrected chi connectivity index (χ2v) is 2.31. The Hall–Kier alpha value is -1.98. The van der Waals surface area contributed by atoms with Gasteiger partial charge in [-0.3, -0.25) is 0 Å². The number of nitrogens with one attached hydrogen (secondary N) is 1. The van der Waals surface area contributed by atoms with E-state index in [9.17, 15) is 0 Å². The summed E-state index contributed by atoms with van der Waals surface area (Å²) in [4.78, 5) is 6.83. The molecular formula is C6H8N6. The van der Waals surface area contributed by atoms with E-state index in [1.165, 1.54) is 10.9 Å². The third-order valence-electron chi connectivity index (χ3n) is 1.52. The highest BCUT2D eigenvalue weighted by molar-refractivity contribution is 5.59. The predicted molar refractivity (Wildman–Crippen MR) is 44.5 cm³/mol. The number of hydrogen-bond acceptors (Lipinski definition) is 4. The van der Waals surface area contributed by atoms with Crippen LogP contribution in [-0.2, 0) is 0 Å². The number of imidazole rings is 1. The zero-order valence-electron chi connectivity index (χ0n) is 6.23. The molecule has 0 radical (unpaired) electrons. The summed E-state index contributed by atoms with van der Waals surface area (Å²) >= 11 is 0. The normalized spacial score (nSPS) is 10.3.